The highest BCUT2D eigenvalue weighted by atomic mass is 14.8. The van der Waals surface area contributed by atoms with Crippen molar-refractivity contribution in [3.63, 3.8) is 0 Å². The van der Waals surface area contributed by atoms with Crippen molar-refractivity contribution in [3.8, 4) is 0 Å². The fourth-order valence-electron chi connectivity index (χ4n) is 1.92. The molecule has 0 unspecified atom stereocenters. The summed E-state index contributed by atoms with van der Waals surface area (Å²) in [6, 6.07) is 6.73. The second-order valence-electron chi connectivity index (χ2n) is 4.21. The van der Waals surface area contributed by atoms with E-state index < -0.39 is 0 Å². The Morgan fingerprint density at radius 3 is 2.53 bits per heavy atom. The Kier molecular flexibility index (Phi) is 5.23. The molecule has 0 spiro atoms. The van der Waals surface area contributed by atoms with Crippen molar-refractivity contribution in [2.24, 2.45) is 0 Å². The van der Waals surface area contributed by atoms with Crippen LogP contribution in [0.5, 0.6) is 0 Å². The van der Waals surface area contributed by atoms with Crippen LogP contribution in [0.1, 0.15) is 43.7 Å². The molecule has 1 N–H and O–H groups in total. The lowest BCUT2D eigenvalue weighted by Crippen LogP contribution is -1.93. The zero-order valence-corrected chi connectivity index (χ0v) is 10.3. The molecule has 0 aliphatic carbocycles. The van der Waals surface area contributed by atoms with Crippen LogP contribution in [0.3, 0.4) is 0 Å². The van der Waals surface area contributed by atoms with Crippen molar-refractivity contribution in [3.05, 3.63) is 29.3 Å². The second-order valence-corrected chi connectivity index (χ2v) is 4.21. The largest absolute Gasteiger partial charge is 0.388 e. The molecule has 15 heavy (non-hydrogen) atoms. The minimum Gasteiger partial charge on any atom is -0.388 e. The Morgan fingerprint density at radius 2 is 1.93 bits per heavy atom. The number of hydrogen-bond acceptors (Lipinski definition) is 1. The second kappa shape index (κ2) is 6.49. The van der Waals surface area contributed by atoms with Crippen molar-refractivity contribution in [2.75, 3.05) is 12.4 Å². The van der Waals surface area contributed by atoms with Gasteiger partial charge in [0.25, 0.3) is 0 Å². The highest BCUT2D eigenvalue weighted by molar-refractivity contribution is 5.51. The van der Waals surface area contributed by atoms with E-state index in [0.29, 0.717) is 0 Å². The van der Waals surface area contributed by atoms with Gasteiger partial charge in [0.1, 0.15) is 0 Å². The fourth-order valence-corrected chi connectivity index (χ4v) is 1.92. The lowest BCUT2D eigenvalue weighted by atomic mass is 10.0. The van der Waals surface area contributed by atoms with Crippen LogP contribution in [0.2, 0.25) is 0 Å². The molecule has 0 fully saturated rings. The molecule has 0 heterocycles. The minimum absolute atomic E-state index is 1.23. The van der Waals surface area contributed by atoms with Crippen LogP contribution in [-0.4, -0.2) is 7.05 Å². The van der Waals surface area contributed by atoms with Gasteiger partial charge >= 0.3 is 0 Å². The third-order valence-electron chi connectivity index (χ3n) is 2.88. The molecule has 1 aromatic rings. The number of unbranched alkanes of at least 4 members (excludes halogenated alkanes) is 3. The van der Waals surface area contributed by atoms with Crippen molar-refractivity contribution in [2.45, 2.75) is 46.0 Å². The summed E-state index contributed by atoms with van der Waals surface area (Å²) in [5.41, 5.74) is 4.07. The summed E-state index contributed by atoms with van der Waals surface area (Å²) in [6.45, 7) is 4.42. The summed E-state index contributed by atoms with van der Waals surface area (Å²) in [5.74, 6) is 0. The zero-order valence-electron chi connectivity index (χ0n) is 10.3. The van der Waals surface area contributed by atoms with Crippen molar-refractivity contribution in [1.29, 1.82) is 0 Å². The first-order chi connectivity index (χ1) is 7.27. The topological polar surface area (TPSA) is 12.0 Å². The van der Waals surface area contributed by atoms with Crippen LogP contribution in [0.25, 0.3) is 0 Å². The van der Waals surface area contributed by atoms with Gasteiger partial charge in [-0.05, 0) is 37.0 Å². The third-order valence-corrected chi connectivity index (χ3v) is 2.88. The van der Waals surface area contributed by atoms with E-state index >= 15 is 0 Å². The Balaban J connectivity index is 2.45. The molecule has 0 saturated heterocycles. The van der Waals surface area contributed by atoms with Crippen LogP contribution in [0.4, 0.5) is 5.69 Å². The van der Waals surface area contributed by atoms with Crippen molar-refractivity contribution >= 4 is 5.69 Å². The van der Waals surface area contributed by atoms with E-state index in [0.717, 1.165) is 0 Å². The first-order valence-electron chi connectivity index (χ1n) is 6.05. The summed E-state index contributed by atoms with van der Waals surface area (Å²) >= 11 is 0. The lowest BCUT2D eigenvalue weighted by molar-refractivity contribution is 0.667. The average molecular weight is 205 g/mol. The summed E-state index contributed by atoms with van der Waals surface area (Å²) in [5, 5.41) is 3.20. The van der Waals surface area contributed by atoms with Gasteiger partial charge in [-0.1, -0.05) is 38.3 Å². The number of aryl methyl sites for hydroxylation is 2. The number of rotatable bonds is 6. The third kappa shape index (κ3) is 3.94. The van der Waals surface area contributed by atoms with Gasteiger partial charge in [-0.2, -0.15) is 0 Å². The van der Waals surface area contributed by atoms with Gasteiger partial charge in [-0.25, -0.2) is 0 Å². The van der Waals surface area contributed by atoms with E-state index in [-0.39, 0.29) is 0 Å². The molecule has 84 valence electrons. The smallest absolute Gasteiger partial charge is 0.0367 e. The quantitative estimate of drug-likeness (QED) is 0.688. The van der Waals surface area contributed by atoms with Crippen LogP contribution in [-0.2, 0) is 6.42 Å². The summed E-state index contributed by atoms with van der Waals surface area (Å²) in [6.07, 6.45) is 6.60. The predicted molar refractivity (Wildman–Crippen MR) is 68.6 cm³/mol. The molecule has 0 aliphatic heterocycles. The molecule has 0 aliphatic rings. The van der Waals surface area contributed by atoms with Gasteiger partial charge in [-0.3, -0.25) is 0 Å². The normalized spacial score (nSPS) is 10.3. The van der Waals surface area contributed by atoms with Crippen LogP contribution < -0.4 is 5.32 Å². The molecular weight excluding hydrogens is 182 g/mol. The van der Waals surface area contributed by atoms with Crippen LogP contribution in [0.15, 0.2) is 18.2 Å². The van der Waals surface area contributed by atoms with Gasteiger partial charge in [0.05, 0.1) is 0 Å². The highest BCUT2D eigenvalue weighted by Gasteiger charge is 1.98. The van der Waals surface area contributed by atoms with E-state index in [4.69, 9.17) is 0 Å². The molecule has 1 rings (SSSR count). The van der Waals surface area contributed by atoms with Gasteiger partial charge < -0.3 is 5.32 Å². The Morgan fingerprint density at radius 1 is 1.13 bits per heavy atom. The molecule has 1 aromatic carbocycles. The first kappa shape index (κ1) is 12.1. The number of hydrogen-bond donors (Lipinski definition) is 1. The van der Waals surface area contributed by atoms with Gasteiger partial charge in [0.15, 0.2) is 0 Å². The lowest BCUT2D eigenvalue weighted by Gasteiger charge is -2.07. The molecule has 0 bridgehead atoms. The summed E-state index contributed by atoms with van der Waals surface area (Å²) in [4.78, 5) is 0. The predicted octanol–water partition coefficient (Wildman–Crippen LogP) is 4.16. The van der Waals surface area contributed by atoms with Crippen LogP contribution >= 0.6 is 0 Å². The molecule has 0 aromatic heterocycles. The van der Waals surface area contributed by atoms with E-state index in [1.807, 2.05) is 7.05 Å². The van der Waals surface area contributed by atoms with E-state index in [1.165, 1.54) is 48.9 Å². The Labute approximate surface area is 93.9 Å². The molecule has 0 amide bonds. The summed E-state index contributed by atoms with van der Waals surface area (Å²) in [7, 11) is 1.98. The molecule has 1 heteroatoms. The van der Waals surface area contributed by atoms with E-state index in [9.17, 15) is 0 Å². The Hall–Kier alpha value is -0.980. The molecule has 0 saturated carbocycles. The van der Waals surface area contributed by atoms with Gasteiger partial charge in [0, 0.05) is 12.7 Å². The molecule has 0 atom stereocenters. The first-order valence-corrected chi connectivity index (χ1v) is 6.05. The van der Waals surface area contributed by atoms with Crippen LogP contribution in [0, 0.1) is 6.92 Å². The maximum Gasteiger partial charge on any atom is 0.0367 e. The monoisotopic (exact) mass is 205 g/mol. The molecule has 1 nitrogen and oxygen atoms in total. The van der Waals surface area contributed by atoms with E-state index in [1.54, 1.807) is 0 Å². The van der Waals surface area contributed by atoms with E-state index in [2.05, 4.69) is 37.4 Å². The maximum absolute atomic E-state index is 3.20. The summed E-state index contributed by atoms with van der Waals surface area (Å²) < 4.78 is 0. The number of anilines is 1. The molecular formula is C14H23N. The molecule has 0 radical (unpaired) electrons. The van der Waals surface area contributed by atoms with Crippen molar-refractivity contribution < 1.29 is 0 Å². The average Bonchev–Trinajstić information content (AvgIpc) is 2.25. The Bertz CT molecular complexity index is 291. The van der Waals surface area contributed by atoms with Gasteiger partial charge in [-0.15, -0.1) is 0 Å². The minimum atomic E-state index is 1.23. The standard InChI is InChI=1S/C14H23N/c1-4-5-6-7-8-13-9-10-14(15-3)12(2)11-13/h9-11,15H,4-8H2,1-3H3. The SMILES string of the molecule is CCCCCCc1ccc(NC)c(C)c1. The number of nitrogens with one attached hydrogen (secondary N) is 1. The fraction of sp³-hybridized carbons (Fsp3) is 0.571. The van der Waals surface area contributed by atoms with Crippen molar-refractivity contribution in [1.82, 2.24) is 0 Å². The maximum atomic E-state index is 3.20. The van der Waals surface area contributed by atoms with Gasteiger partial charge in [0.2, 0.25) is 0 Å². The highest BCUT2D eigenvalue weighted by Crippen LogP contribution is 2.17. The number of benzene rings is 1. The zero-order chi connectivity index (χ0) is 11.1.